The van der Waals surface area contributed by atoms with Gasteiger partial charge in [-0.1, -0.05) is 29.8 Å². The molecule has 30 heavy (non-hydrogen) atoms. The highest BCUT2D eigenvalue weighted by Crippen LogP contribution is 2.22. The Hall–Kier alpha value is -2.63. The molecule has 1 aromatic carbocycles. The lowest BCUT2D eigenvalue weighted by atomic mass is 10.1. The molecule has 0 spiro atoms. The van der Waals surface area contributed by atoms with Crippen molar-refractivity contribution in [1.29, 1.82) is 0 Å². The van der Waals surface area contributed by atoms with Crippen molar-refractivity contribution >= 4 is 17.7 Å². The van der Waals surface area contributed by atoms with Gasteiger partial charge in [0.2, 0.25) is 11.9 Å². The van der Waals surface area contributed by atoms with E-state index in [-0.39, 0.29) is 5.91 Å². The second-order valence-corrected chi connectivity index (χ2v) is 8.57. The van der Waals surface area contributed by atoms with Gasteiger partial charge in [0, 0.05) is 57.4 Å². The molecule has 2 aliphatic rings. The molecular formula is C24H33N5O. The maximum absolute atomic E-state index is 12.7. The Morgan fingerprint density at radius 1 is 0.900 bits per heavy atom. The number of piperidine rings is 1. The van der Waals surface area contributed by atoms with Crippen molar-refractivity contribution in [2.75, 3.05) is 49.1 Å². The molecule has 0 unspecified atom stereocenters. The summed E-state index contributed by atoms with van der Waals surface area (Å²) in [6.07, 6.45) is 5.13. The summed E-state index contributed by atoms with van der Waals surface area (Å²) in [4.78, 5) is 28.9. The van der Waals surface area contributed by atoms with Gasteiger partial charge in [-0.05, 0) is 45.1 Å². The first kappa shape index (κ1) is 20.6. The van der Waals surface area contributed by atoms with E-state index < -0.39 is 0 Å². The van der Waals surface area contributed by atoms with Crippen molar-refractivity contribution < 1.29 is 4.79 Å². The third-order valence-corrected chi connectivity index (χ3v) is 6.13. The van der Waals surface area contributed by atoms with Crippen LogP contribution in [0, 0.1) is 13.8 Å². The minimum atomic E-state index is 0.254. The largest absolute Gasteiger partial charge is 0.353 e. The molecule has 2 fully saturated rings. The first-order valence-corrected chi connectivity index (χ1v) is 11.3. The van der Waals surface area contributed by atoms with E-state index in [4.69, 9.17) is 4.98 Å². The van der Waals surface area contributed by atoms with Crippen molar-refractivity contribution in [3.63, 3.8) is 0 Å². The second-order valence-electron chi connectivity index (χ2n) is 8.57. The van der Waals surface area contributed by atoms with E-state index in [1.165, 1.54) is 30.4 Å². The first-order valence-electron chi connectivity index (χ1n) is 11.3. The second kappa shape index (κ2) is 9.45. The van der Waals surface area contributed by atoms with Crippen molar-refractivity contribution in [3.05, 3.63) is 47.2 Å². The fourth-order valence-electron chi connectivity index (χ4n) is 4.40. The van der Waals surface area contributed by atoms with Crippen LogP contribution in [0.4, 0.5) is 11.8 Å². The molecule has 160 valence electrons. The predicted octanol–water partition coefficient (Wildman–Crippen LogP) is 3.37. The summed E-state index contributed by atoms with van der Waals surface area (Å²) >= 11 is 0. The van der Waals surface area contributed by atoms with Gasteiger partial charge in [0.1, 0.15) is 5.82 Å². The summed E-state index contributed by atoms with van der Waals surface area (Å²) in [7, 11) is 0. The van der Waals surface area contributed by atoms with E-state index in [0.717, 1.165) is 63.1 Å². The van der Waals surface area contributed by atoms with Crippen molar-refractivity contribution in [1.82, 2.24) is 14.9 Å². The normalized spacial score (nSPS) is 17.3. The standard InChI is InChI=1S/C24H33N5O/c1-19-7-6-8-21(17-19)9-10-23(30)28-15-13-27(14-16-28)22-18-20(2)25-24(26-22)29-11-4-3-5-12-29/h6-8,17-18H,3-5,9-16H2,1-2H3. The smallest absolute Gasteiger partial charge is 0.227 e. The van der Waals surface area contributed by atoms with Crippen molar-refractivity contribution in [3.8, 4) is 0 Å². The average molecular weight is 408 g/mol. The van der Waals surface area contributed by atoms with Gasteiger partial charge in [0.05, 0.1) is 0 Å². The molecule has 4 rings (SSSR count). The summed E-state index contributed by atoms with van der Waals surface area (Å²) in [6, 6.07) is 10.5. The molecule has 0 radical (unpaired) electrons. The van der Waals surface area contributed by atoms with E-state index in [1.54, 1.807) is 0 Å². The Balaban J connectivity index is 1.32. The highest BCUT2D eigenvalue weighted by molar-refractivity contribution is 5.76. The number of amides is 1. The topological polar surface area (TPSA) is 52.6 Å². The fourth-order valence-corrected chi connectivity index (χ4v) is 4.40. The molecule has 3 heterocycles. The molecule has 1 amide bonds. The molecule has 0 atom stereocenters. The number of nitrogens with zero attached hydrogens (tertiary/aromatic N) is 5. The van der Waals surface area contributed by atoms with E-state index in [0.29, 0.717) is 6.42 Å². The molecule has 1 aromatic heterocycles. The molecule has 2 aromatic rings. The van der Waals surface area contributed by atoms with Crippen LogP contribution in [0.5, 0.6) is 0 Å². The number of carbonyl (C=O) groups excluding carboxylic acids is 1. The molecule has 2 saturated heterocycles. The third-order valence-electron chi connectivity index (χ3n) is 6.13. The average Bonchev–Trinajstić information content (AvgIpc) is 2.78. The minimum absolute atomic E-state index is 0.254. The van der Waals surface area contributed by atoms with Crippen LogP contribution in [0.25, 0.3) is 0 Å². The number of carbonyl (C=O) groups is 1. The van der Waals surface area contributed by atoms with Crippen LogP contribution < -0.4 is 9.80 Å². The fraction of sp³-hybridized carbons (Fsp3) is 0.542. The predicted molar refractivity (Wildman–Crippen MR) is 121 cm³/mol. The van der Waals surface area contributed by atoms with Gasteiger partial charge in [0.15, 0.2) is 0 Å². The molecule has 6 heteroatoms. The minimum Gasteiger partial charge on any atom is -0.353 e. The van der Waals surface area contributed by atoms with Crippen molar-refractivity contribution in [2.24, 2.45) is 0 Å². The van der Waals surface area contributed by atoms with Gasteiger partial charge in [-0.15, -0.1) is 0 Å². The lowest BCUT2D eigenvalue weighted by molar-refractivity contribution is -0.131. The Bertz CT molecular complexity index is 870. The number of hydrogen-bond donors (Lipinski definition) is 0. The quantitative estimate of drug-likeness (QED) is 0.761. The van der Waals surface area contributed by atoms with Gasteiger partial charge < -0.3 is 14.7 Å². The van der Waals surface area contributed by atoms with E-state index in [1.807, 2.05) is 11.8 Å². The Labute approximate surface area is 179 Å². The Morgan fingerprint density at radius 2 is 1.67 bits per heavy atom. The molecule has 2 aliphatic heterocycles. The molecule has 0 aliphatic carbocycles. The summed E-state index contributed by atoms with van der Waals surface area (Å²) in [5.41, 5.74) is 3.50. The Kier molecular flexibility index (Phi) is 6.50. The van der Waals surface area contributed by atoms with Crippen LogP contribution >= 0.6 is 0 Å². The van der Waals surface area contributed by atoms with Crippen molar-refractivity contribution in [2.45, 2.75) is 46.0 Å². The van der Waals surface area contributed by atoms with E-state index in [2.05, 4.69) is 52.0 Å². The molecule has 6 nitrogen and oxygen atoms in total. The number of aryl methyl sites for hydroxylation is 3. The van der Waals surface area contributed by atoms with Gasteiger partial charge in [-0.3, -0.25) is 4.79 Å². The first-order chi connectivity index (χ1) is 14.6. The van der Waals surface area contributed by atoms with Gasteiger partial charge in [0.25, 0.3) is 0 Å². The SMILES string of the molecule is Cc1cccc(CCC(=O)N2CCN(c3cc(C)nc(N4CCCCC4)n3)CC2)c1. The summed E-state index contributed by atoms with van der Waals surface area (Å²) in [6.45, 7) is 9.40. The van der Waals surface area contributed by atoms with E-state index >= 15 is 0 Å². The van der Waals surface area contributed by atoms with Crippen LogP contribution in [0.3, 0.4) is 0 Å². The van der Waals surface area contributed by atoms with Gasteiger partial charge in [-0.2, -0.15) is 4.98 Å². The number of anilines is 2. The summed E-state index contributed by atoms with van der Waals surface area (Å²) in [5, 5.41) is 0. The van der Waals surface area contributed by atoms with Gasteiger partial charge >= 0.3 is 0 Å². The highest BCUT2D eigenvalue weighted by Gasteiger charge is 2.23. The number of piperazine rings is 1. The molecule has 0 bridgehead atoms. The van der Waals surface area contributed by atoms with Crippen LogP contribution in [-0.4, -0.2) is 60.0 Å². The zero-order valence-corrected chi connectivity index (χ0v) is 18.3. The highest BCUT2D eigenvalue weighted by atomic mass is 16.2. The molecule has 0 saturated carbocycles. The maximum atomic E-state index is 12.7. The summed E-state index contributed by atoms with van der Waals surface area (Å²) in [5.74, 6) is 2.11. The molecule has 0 N–H and O–H groups in total. The number of aromatic nitrogens is 2. The van der Waals surface area contributed by atoms with Crippen LogP contribution in [0.15, 0.2) is 30.3 Å². The van der Waals surface area contributed by atoms with E-state index in [9.17, 15) is 4.79 Å². The number of benzene rings is 1. The summed E-state index contributed by atoms with van der Waals surface area (Å²) < 4.78 is 0. The van der Waals surface area contributed by atoms with Crippen LogP contribution in [-0.2, 0) is 11.2 Å². The monoisotopic (exact) mass is 407 g/mol. The zero-order valence-electron chi connectivity index (χ0n) is 18.3. The lowest BCUT2D eigenvalue weighted by Crippen LogP contribution is -2.49. The third kappa shape index (κ3) is 5.10. The zero-order chi connectivity index (χ0) is 20.9. The number of rotatable bonds is 5. The molecular weight excluding hydrogens is 374 g/mol. The van der Waals surface area contributed by atoms with Crippen LogP contribution in [0.1, 0.15) is 42.5 Å². The lowest BCUT2D eigenvalue weighted by Gasteiger charge is -2.36. The Morgan fingerprint density at radius 3 is 2.40 bits per heavy atom. The van der Waals surface area contributed by atoms with Crippen LogP contribution in [0.2, 0.25) is 0 Å². The van der Waals surface area contributed by atoms with Gasteiger partial charge in [-0.25, -0.2) is 4.98 Å². The maximum Gasteiger partial charge on any atom is 0.227 e. The number of hydrogen-bond acceptors (Lipinski definition) is 5.